The second-order valence-electron chi connectivity index (χ2n) is 4.09. The Labute approximate surface area is 88.1 Å². The number of alkyl halides is 1. The van der Waals surface area contributed by atoms with Crippen molar-refractivity contribution in [2.24, 2.45) is 0 Å². The molecule has 76 valence electrons. The zero-order valence-electron chi connectivity index (χ0n) is 8.20. The minimum atomic E-state index is 0.367. The number of halogens is 1. The van der Waals surface area contributed by atoms with E-state index in [2.05, 4.69) is 29.8 Å². The lowest BCUT2D eigenvalue weighted by Gasteiger charge is -2.17. The Morgan fingerprint density at radius 1 is 1.31 bits per heavy atom. The van der Waals surface area contributed by atoms with Crippen LogP contribution in [0.5, 0.6) is 0 Å². The zero-order valence-corrected chi connectivity index (χ0v) is 9.79. The van der Waals surface area contributed by atoms with E-state index in [1.165, 1.54) is 0 Å². The summed E-state index contributed by atoms with van der Waals surface area (Å²) in [5.74, 6) is 0. The summed E-state index contributed by atoms with van der Waals surface area (Å²) in [5.41, 5.74) is 0. The van der Waals surface area contributed by atoms with Crippen LogP contribution in [-0.2, 0) is 9.47 Å². The van der Waals surface area contributed by atoms with Gasteiger partial charge in [-0.15, -0.1) is 0 Å². The molecule has 5 atom stereocenters. The van der Waals surface area contributed by atoms with Gasteiger partial charge in [-0.2, -0.15) is 0 Å². The molecule has 0 radical (unpaired) electrons. The van der Waals surface area contributed by atoms with E-state index < -0.39 is 0 Å². The molecule has 0 aromatic heterocycles. The molecular formula is C10H17BrO2. The van der Waals surface area contributed by atoms with Crippen LogP contribution in [0.2, 0.25) is 0 Å². The average Bonchev–Trinajstić information content (AvgIpc) is 2.59. The van der Waals surface area contributed by atoms with Gasteiger partial charge in [-0.3, -0.25) is 0 Å². The van der Waals surface area contributed by atoms with Crippen LogP contribution in [0.4, 0.5) is 0 Å². The molecule has 13 heavy (non-hydrogen) atoms. The van der Waals surface area contributed by atoms with Crippen LogP contribution < -0.4 is 0 Å². The summed E-state index contributed by atoms with van der Waals surface area (Å²) >= 11 is 3.65. The van der Waals surface area contributed by atoms with Crippen LogP contribution in [0.25, 0.3) is 0 Å². The Morgan fingerprint density at radius 2 is 2.00 bits per heavy atom. The molecule has 0 aliphatic carbocycles. The zero-order chi connectivity index (χ0) is 9.42. The predicted octanol–water partition coefficient (Wildman–Crippen LogP) is 2.49. The minimum Gasteiger partial charge on any atom is -0.372 e. The Bertz CT molecular complexity index is 172. The molecule has 2 aliphatic rings. The molecule has 0 N–H and O–H groups in total. The average molecular weight is 249 g/mol. The van der Waals surface area contributed by atoms with E-state index in [1.54, 1.807) is 0 Å². The fourth-order valence-electron chi connectivity index (χ4n) is 2.28. The molecule has 3 heteroatoms. The largest absolute Gasteiger partial charge is 0.372 e. The lowest BCUT2D eigenvalue weighted by molar-refractivity contribution is 0.0358. The number of hydrogen-bond donors (Lipinski definition) is 0. The van der Waals surface area contributed by atoms with Crippen molar-refractivity contribution < 1.29 is 9.47 Å². The third-order valence-corrected chi connectivity index (χ3v) is 4.23. The molecule has 2 rings (SSSR count). The van der Waals surface area contributed by atoms with Gasteiger partial charge in [0, 0.05) is 17.7 Å². The SMILES string of the molecule is CC[C@@H](Br)[C@H]1C[C@@H]2O[C@@H](C)C[C@@H]2O1. The predicted molar refractivity (Wildman–Crippen MR) is 55.2 cm³/mol. The van der Waals surface area contributed by atoms with Crippen LogP contribution >= 0.6 is 15.9 Å². The van der Waals surface area contributed by atoms with Gasteiger partial charge in [-0.1, -0.05) is 22.9 Å². The van der Waals surface area contributed by atoms with Crippen molar-refractivity contribution in [3.8, 4) is 0 Å². The monoisotopic (exact) mass is 248 g/mol. The topological polar surface area (TPSA) is 18.5 Å². The third-order valence-electron chi connectivity index (χ3n) is 2.99. The molecule has 2 aliphatic heterocycles. The molecular weight excluding hydrogens is 232 g/mol. The molecule has 0 aromatic carbocycles. The Kier molecular flexibility index (Phi) is 2.96. The summed E-state index contributed by atoms with van der Waals surface area (Å²) in [6.07, 6.45) is 4.76. The van der Waals surface area contributed by atoms with Gasteiger partial charge in [-0.25, -0.2) is 0 Å². The molecule has 0 unspecified atom stereocenters. The lowest BCUT2D eigenvalue weighted by atomic mass is 10.1. The van der Waals surface area contributed by atoms with Crippen molar-refractivity contribution in [2.45, 2.75) is 62.4 Å². The van der Waals surface area contributed by atoms with Crippen LogP contribution in [0, 0.1) is 0 Å². The summed E-state index contributed by atoms with van der Waals surface area (Å²) in [5, 5.41) is 0. The van der Waals surface area contributed by atoms with Crippen molar-refractivity contribution in [3.05, 3.63) is 0 Å². The highest BCUT2D eigenvalue weighted by Crippen LogP contribution is 2.36. The van der Waals surface area contributed by atoms with Gasteiger partial charge >= 0.3 is 0 Å². The normalized spacial score (nSPS) is 46.4. The van der Waals surface area contributed by atoms with Crippen LogP contribution in [0.15, 0.2) is 0 Å². The van der Waals surface area contributed by atoms with Crippen LogP contribution in [0.1, 0.15) is 33.1 Å². The van der Waals surface area contributed by atoms with E-state index in [-0.39, 0.29) is 0 Å². The molecule has 2 fully saturated rings. The van der Waals surface area contributed by atoms with Crippen molar-refractivity contribution in [1.82, 2.24) is 0 Å². The Morgan fingerprint density at radius 3 is 2.62 bits per heavy atom. The minimum absolute atomic E-state index is 0.367. The summed E-state index contributed by atoms with van der Waals surface area (Å²) in [4.78, 5) is 0.497. The van der Waals surface area contributed by atoms with Crippen LogP contribution in [0.3, 0.4) is 0 Å². The fourth-order valence-corrected chi connectivity index (χ4v) is 2.62. The fraction of sp³-hybridized carbons (Fsp3) is 1.00. The summed E-state index contributed by atoms with van der Waals surface area (Å²) in [6, 6.07) is 0. The maximum atomic E-state index is 5.94. The van der Waals surface area contributed by atoms with Gasteiger partial charge < -0.3 is 9.47 Å². The molecule has 0 saturated carbocycles. The molecule has 0 aromatic rings. The van der Waals surface area contributed by atoms with Gasteiger partial charge in [0.15, 0.2) is 0 Å². The maximum Gasteiger partial charge on any atom is 0.0866 e. The van der Waals surface area contributed by atoms with Gasteiger partial charge in [0.2, 0.25) is 0 Å². The van der Waals surface area contributed by atoms with Crippen molar-refractivity contribution in [1.29, 1.82) is 0 Å². The number of rotatable bonds is 2. The quantitative estimate of drug-likeness (QED) is 0.700. The number of hydrogen-bond acceptors (Lipinski definition) is 2. The third kappa shape index (κ3) is 1.92. The Balaban J connectivity index is 1.90. The maximum absolute atomic E-state index is 5.94. The highest BCUT2D eigenvalue weighted by molar-refractivity contribution is 9.09. The first kappa shape index (κ1) is 9.94. The smallest absolute Gasteiger partial charge is 0.0866 e. The second-order valence-corrected chi connectivity index (χ2v) is 5.27. The standard InChI is InChI=1S/C10H17BrO2/c1-3-7(11)8-5-10-9(13-8)4-6(2)12-10/h6-10H,3-5H2,1-2H3/t6-,7+,8+,9-,10-/m0/s1. The van der Waals surface area contributed by atoms with Crippen molar-refractivity contribution in [3.63, 3.8) is 0 Å². The number of fused-ring (bicyclic) bond motifs is 1. The van der Waals surface area contributed by atoms with Crippen molar-refractivity contribution >= 4 is 15.9 Å². The van der Waals surface area contributed by atoms with E-state index in [0.29, 0.717) is 29.2 Å². The van der Waals surface area contributed by atoms with E-state index >= 15 is 0 Å². The molecule has 0 bridgehead atoms. The summed E-state index contributed by atoms with van der Waals surface area (Å²) in [7, 11) is 0. The van der Waals surface area contributed by atoms with Gasteiger partial charge in [-0.05, 0) is 13.3 Å². The molecule has 2 heterocycles. The van der Waals surface area contributed by atoms with E-state index in [4.69, 9.17) is 9.47 Å². The second kappa shape index (κ2) is 3.87. The van der Waals surface area contributed by atoms with Crippen molar-refractivity contribution in [2.75, 3.05) is 0 Å². The van der Waals surface area contributed by atoms with Gasteiger partial charge in [0.1, 0.15) is 0 Å². The lowest BCUT2D eigenvalue weighted by Crippen LogP contribution is -2.21. The first-order valence-electron chi connectivity index (χ1n) is 5.15. The first-order chi connectivity index (χ1) is 6.20. The Hall–Kier alpha value is 0.400. The van der Waals surface area contributed by atoms with E-state index in [0.717, 1.165) is 19.3 Å². The molecule has 2 nitrogen and oxygen atoms in total. The highest BCUT2D eigenvalue weighted by atomic mass is 79.9. The first-order valence-corrected chi connectivity index (χ1v) is 6.07. The summed E-state index contributed by atoms with van der Waals surface area (Å²) in [6.45, 7) is 4.31. The van der Waals surface area contributed by atoms with Gasteiger partial charge in [0.25, 0.3) is 0 Å². The highest BCUT2D eigenvalue weighted by Gasteiger charge is 2.43. The molecule has 2 saturated heterocycles. The van der Waals surface area contributed by atoms with Crippen LogP contribution in [-0.4, -0.2) is 29.2 Å². The number of ether oxygens (including phenoxy) is 2. The van der Waals surface area contributed by atoms with E-state index in [9.17, 15) is 0 Å². The summed E-state index contributed by atoms with van der Waals surface area (Å²) < 4.78 is 11.7. The molecule has 0 amide bonds. The van der Waals surface area contributed by atoms with Gasteiger partial charge in [0.05, 0.1) is 24.4 Å². The van der Waals surface area contributed by atoms with E-state index in [1.807, 2.05) is 0 Å². The molecule has 0 spiro atoms.